The molecular formula is C16H23NO2. The summed E-state index contributed by atoms with van der Waals surface area (Å²) in [7, 11) is 0. The molecule has 0 bridgehead atoms. The predicted molar refractivity (Wildman–Crippen MR) is 75.8 cm³/mol. The number of benzene rings is 1. The number of carbonyl (C=O) groups excluding carboxylic acids is 1. The van der Waals surface area contributed by atoms with E-state index in [-0.39, 0.29) is 11.3 Å². The Morgan fingerprint density at radius 1 is 1.16 bits per heavy atom. The molecule has 1 saturated heterocycles. The van der Waals surface area contributed by atoms with Crippen LogP contribution in [0.3, 0.4) is 0 Å². The Hall–Kier alpha value is -1.35. The number of hydrogen-bond donors (Lipinski definition) is 2. The number of nitrogens with one attached hydrogen (secondary N) is 1. The maximum Gasteiger partial charge on any atom is 0.232 e. The Bertz CT molecular complexity index is 501. The predicted octanol–water partition coefficient (Wildman–Crippen LogP) is 2.43. The van der Waals surface area contributed by atoms with Gasteiger partial charge in [0.1, 0.15) is 6.23 Å². The summed E-state index contributed by atoms with van der Waals surface area (Å²) in [5, 5.41) is 12.5. The summed E-state index contributed by atoms with van der Waals surface area (Å²) in [6.07, 6.45) is -0.191. The third-order valence-electron chi connectivity index (χ3n) is 4.61. The lowest BCUT2D eigenvalue weighted by molar-refractivity contribution is -0.141. The summed E-state index contributed by atoms with van der Waals surface area (Å²) in [4.78, 5) is 12.5. The van der Waals surface area contributed by atoms with Crippen molar-refractivity contribution in [3.63, 3.8) is 0 Å². The van der Waals surface area contributed by atoms with Gasteiger partial charge in [-0.15, -0.1) is 0 Å². The molecule has 2 atom stereocenters. The average molecular weight is 261 g/mol. The third-order valence-corrected chi connectivity index (χ3v) is 4.61. The molecule has 2 rings (SSSR count). The number of aliphatic hydroxyl groups excluding tert-OH is 1. The molecule has 1 aromatic carbocycles. The molecule has 104 valence electrons. The van der Waals surface area contributed by atoms with Gasteiger partial charge in [-0.3, -0.25) is 4.79 Å². The Balaban J connectivity index is 2.58. The minimum atomic E-state index is -0.749. The monoisotopic (exact) mass is 261 g/mol. The molecule has 3 heteroatoms. The van der Waals surface area contributed by atoms with Gasteiger partial charge in [0.05, 0.1) is 5.41 Å². The number of amides is 1. The fraction of sp³-hybridized carbons (Fsp3) is 0.562. The highest BCUT2D eigenvalue weighted by molar-refractivity contribution is 5.90. The zero-order valence-electron chi connectivity index (χ0n) is 12.4. The van der Waals surface area contributed by atoms with Crippen molar-refractivity contribution >= 4 is 5.91 Å². The summed E-state index contributed by atoms with van der Waals surface area (Å²) in [6.45, 7) is 10.2. The summed E-state index contributed by atoms with van der Waals surface area (Å²) in [5.74, 6) is -0.0961. The lowest BCUT2D eigenvalue weighted by Crippen LogP contribution is -2.60. The summed E-state index contributed by atoms with van der Waals surface area (Å²) in [6, 6.07) is 6.26. The molecule has 1 amide bonds. The molecule has 0 saturated carbocycles. The van der Waals surface area contributed by atoms with Crippen LogP contribution in [0.25, 0.3) is 0 Å². The number of carbonyl (C=O) groups is 1. The van der Waals surface area contributed by atoms with Crippen molar-refractivity contribution in [1.82, 2.24) is 5.32 Å². The van der Waals surface area contributed by atoms with Gasteiger partial charge in [0.2, 0.25) is 5.91 Å². The lowest BCUT2D eigenvalue weighted by atomic mass is 9.58. The van der Waals surface area contributed by atoms with Crippen molar-refractivity contribution in [3.05, 3.63) is 34.9 Å². The first-order valence-corrected chi connectivity index (χ1v) is 6.74. The fourth-order valence-corrected chi connectivity index (χ4v) is 3.13. The van der Waals surface area contributed by atoms with Crippen molar-refractivity contribution in [3.8, 4) is 0 Å². The maximum atomic E-state index is 12.5. The van der Waals surface area contributed by atoms with Gasteiger partial charge < -0.3 is 10.4 Å². The Kier molecular flexibility index (Phi) is 3.21. The van der Waals surface area contributed by atoms with Crippen LogP contribution in [-0.2, 0) is 10.2 Å². The first-order valence-electron chi connectivity index (χ1n) is 6.74. The second kappa shape index (κ2) is 4.34. The lowest BCUT2D eigenvalue weighted by Gasteiger charge is -2.48. The van der Waals surface area contributed by atoms with Gasteiger partial charge in [0.15, 0.2) is 0 Å². The maximum absolute atomic E-state index is 12.5. The van der Waals surface area contributed by atoms with Crippen molar-refractivity contribution in [2.24, 2.45) is 5.41 Å². The first-order chi connectivity index (χ1) is 8.66. The highest BCUT2D eigenvalue weighted by Gasteiger charge is 2.52. The van der Waals surface area contributed by atoms with Crippen molar-refractivity contribution in [2.75, 3.05) is 0 Å². The van der Waals surface area contributed by atoms with Crippen LogP contribution in [0.4, 0.5) is 0 Å². The molecule has 1 heterocycles. The van der Waals surface area contributed by atoms with E-state index in [1.54, 1.807) is 0 Å². The largest absolute Gasteiger partial charge is 0.374 e. The smallest absolute Gasteiger partial charge is 0.232 e. The van der Waals surface area contributed by atoms with E-state index < -0.39 is 11.6 Å². The van der Waals surface area contributed by atoms with Gasteiger partial charge in [-0.1, -0.05) is 43.2 Å². The van der Waals surface area contributed by atoms with Gasteiger partial charge in [-0.25, -0.2) is 0 Å². The van der Waals surface area contributed by atoms with Gasteiger partial charge in [0, 0.05) is 0 Å². The highest BCUT2D eigenvalue weighted by atomic mass is 16.3. The fourth-order valence-electron chi connectivity index (χ4n) is 3.13. The van der Waals surface area contributed by atoms with E-state index in [0.29, 0.717) is 6.42 Å². The van der Waals surface area contributed by atoms with Crippen molar-refractivity contribution in [1.29, 1.82) is 0 Å². The van der Waals surface area contributed by atoms with E-state index in [4.69, 9.17) is 0 Å². The van der Waals surface area contributed by atoms with Crippen LogP contribution in [0, 0.1) is 19.3 Å². The molecule has 1 aliphatic heterocycles. The Morgan fingerprint density at radius 2 is 1.68 bits per heavy atom. The van der Waals surface area contributed by atoms with E-state index in [0.717, 1.165) is 16.7 Å². The third kappa shape index (κ3) is 2.16. The topological polar surface area (TPSA) is 49.3 Å². The zero-order valence-corrected chi connectivity index (χ0v) is 12.4. The standard InChI is InChI=1S/C16H23NO2/c1-10-6-11(2)8-12(7-10)16(5)14(19)17-13(18)9-15(16,3)4/h6-8,13,18H,9H2,1-5H3,(H,17,19). The van der Waals surface area contributed by atoms with Crippen LogP contribution >= 0.6 is 0 Å². The van der Waals surface area contributed by atoms with Gasteiger partial charge in [-0.05, 0) is 38.2 Å². The second-order valence-corrected chi connectivity index (χ2v) is 6.58. The Morgan fingerprint density at radius 3 is 2.16 bits per heavy atom. The summed E-state index contributed by atoms with van der Waals surface area (Å²) < 4.78 is 0. The first kappa shape index (κ1) is 14.1. The molecule has 0 aromatic heterocycles. The number of piperidine rings is 1. The van der Waals surface area contributed by atoms with E-state index in [9.17, 15) is 9.90 Å². The SMILES string of the molecule is Cc1cc(C)cc(C2(C)C(=O)NC(O)CC2(C)C)c1. The number of aryl methyl sites for hydroxylation is 2. The van der Waals surface area contributed by atoms with Gasteiger partial charge in [-0.2, -0.15) is 0 Å². The van der Waals surface area contributed by atoms with Crippen molar-refractivity contribution in [2.45, 2.75) is 52.7 Å². The molecule has 2 unspecified atom stereocenters. The van der Waals surface area contributed by atoms with Gasteiger partial charge >= 0.3 is 0 Å². The van der Waals surface area contributed by atoms with Crippen LogP contribution in [-0.4, -0.2) is 17.2 Å². The minimum Gasteiger partial charge on any atom is -0.374 e. The molecule has 19 heavy (non-hydrogen) atoms. The second-order valence-electron chi connectivity index (χ2n) is 6.58. The molecule has 1 fully saturated rings. The summed E-state index contributed by atoms with van der Waals surface area (Å²) in [5.41, 5.74) is 2.43. The van der Waals surface area contributed by atoms with Crippen LogP contribution in [0.5, 0.6) is 0 Å². The average Bonchev–Trinajstić information content (AvgIpc) is 2.23. The molecule has 3 nitrogen and oxygen atoms in total. The van der Waals surface area contributed by atoms with Crippen molar-refractivity contribution < 1.29 is 9.90 Å². The van der Waals surface area contributed by atoms with Crippen LogP contribution in [0.1, 0.15) is 43.9 Å². The van der Waals surface area contributed by atoms with E-state index >= 15 is 0 Å². The normalized spacial score (nSPS) is 30.0. The molecular weight excluding hydrogens is 238 g/mol. The van der Waals surface area contributed by atoms with Crippen LogP contribution in [0.15, 0.2) is 18.2 Å². The zero-order chi connectivity index (χ0) is 14.4. The molecule has 1 aromatic rings. The number of rotatable bonds is 1. The minimum absolute atomic E-state index is 0.0961. The van der Waals surface area contributed by atoms with Crippen LogP contribution < -0.4 is 5.32 Å². The molecule has 0 aliphatic carbocycles. The summed E-state index contributed by atoms with van der Waals surface area (Å²) >= 11 is 0. The molecule has 1 aliphatic rings. The van der Waals surface area contributed by atoms with Crippen LogP contribution in [0.2, 0.25) is 0 Å². The number of aliphatic hydroxyl groups is 1. The van der Waals surface area contributed by atoms with Gasteiger partial charge in [0.25, 0.3) is 0 Å². The highest BCUT2D eigenvalue weighted by Crippen LogP contribution is 2.47. The number of hydrogen-bond acceptors (Lipinski definition) is 2. The van der Waals surface area contributed by atoms with E-state index in [1.165, 1.54) is 0 Å². The quantitative estimate of drug-likeness (QED) is 0.815. The molecule has 0 radical (unpaired) electrons. The molecule has 0 spiro atoms. The molecule has 2 N–H and O–H groups in total. The van der Waals surface area contributed by atoms with E-state index in [1.807, 2.05) is 34.6 Å². The Labute approximate surface area is 115 Å². The van der Waals surface area contributed by atoms with E-state index in [2.05, 4.69) is 23.5 Å².